The van der Waals surface area contributed by atoms with Gasteiger partial charge in [0.1, 0.15) is 0 Å². The van der Waals surface area contributed by atoms with E-state index < -0.39 is 0 Å². The molecular weight excluding hydrogens is 592 g/mol. The summed E-state index contributed by atoms with van der Waals surface area (Å²) in [5.41, 5.74) is -0.447. The fourth-order valence-electron chi connectivity index (χ4n) is 5.68. The Morgan fingerprint density at radius 3 is 1.30 bits per heavy atom. The Labute approximate surface area is 275 Å². The van der Waals surface area contributed by atoms with Crippen LogP contribution in [0, 0.1) is 22.7 Å². The number of amides is 6. The van der Waals surface area contributed by atoms with Crippen LogP contribution in [0.15, 0.2) is 0 Å². The van der Waals surface area contributed by atoms with E-state index in [0.717, 1.165) is 12.8 Å². The molecule has 0 radical (unpaired) electrons. The van der Waals surface area contributed by atoms with Crippen molar-refractivity contribution < 1.29 is 38.2 Å². The van der Waals surface area contributed by atoms with Crippen LogP contribution in [0.1, 0.15) is 106 Å². The molecule has 0 bridgehead atoms. The molecule has 2 atom stereocenters. The van der Waals surface area contributed by atoms with Gasteiger partial charge in [0.15, 0.2) is 0 Å². The lowest BCUT2D eigenvalue weighted by molar-refractivity contribution is -0.142. The van der Waals surface area contributed by atoms with E-state index in [1.165, 1.54) is 9.80 Å². The van der Waals surface area contributed by atoms with Crippen LogP contribution in [-0.2, 0) is 38.2 Å². The molecule has 12 heteroatoms. The van der Waals surface area contributed by atoms with Gasteiger partial charge in [-0.15, -0.1) is 0 Å². The summed E-state index contributed by atoms with van der Waals surface area (Å²) in [5, 5.41) is 5.64. The number of unbranched alkanes of at least 4 members (excludes halogenated alkanes) is 4. The summed E-state index contributed by atoms with van der Waals surface area (Å²) in [6.07, 6.45) is 5.66. The number of nitrogens with one attached hydrogen (secondary N) is 2. The second-order valence-corrected chi connectivity index (χ2v) is 14.6. The lowest BCUT2D eigenvalue weighted by atomic mass is 9.80. The highest BCUT2D eigenvalue weighted by atomic mass is 16.5. The summed E-state index contributed by atoms with van der Waals surface area (Å²) in [4.78, 5) is 76.3. The largest absolute Gasteiger partial charge is 0.377 e. The van der Waals surface area contributed by atoms with Crippen molar-refractivity contribution in [3.05, 3.63) is 0 Å². The summed E-state index contributed by atoms with van der Waals surface area (Å²) < 4.78 is 10.9. The Kier molecular flexibility index (Phi) is 16.3. The zero-order valence-electron chi connectivity index (χ0n) is 29.0. The second kappa shape index (κ2) is 19.1. The third-order valence-electron chi connectivity index (χ3n) is 8.66. The summed E-state index contributed by atoms with van der Waals surface area (Å²) in [7, 11) is 0. The maximum absolute atomic E-state index is 12.5. The molecule has 0 aromatic rings. The van der Waals surface area contributed by atoms with E-state index in [2.05, 4.69) is 10.6 Å². The fourth-order valence-corrected chi connectivity index (χ4v) is 5.68. The normalized spacial score (nSPS) is 19.0. The molecule has 0 aromatic carbocycles. The van der Waals surface area contributed by atoms with E-state index in [4.69, 9.17) is 9.47 Å². The highest BCUT2D eigenvalue weighted by Crippen LogP contribution is 2.36. The summed E-state index contributed by atoms with van der Waals surface area (Å²) in [5.74, 6) is -0.949. The van der Waals surface area contributed by atoms with Crippen molar-refractivity contribution in [2.75, 3.05) is 52.6 Å². The van der Waals surface area contributed by atoms with Gasteiger partial charge < -0.3 is 20.1 Å². The number of hydrogen-bond acceptors (Lipinski definition) is 8. The lowest BCUT2D eigenvalue weighted by Gasteiger charge is -2.24. The van der Waals surface area contributed by atoms with E-state index in [9.17, 15) is 28.8 Å². The number of hydrogen-bond donors (Lipinski definition) is 2. The molecule has 0 aliphatic carbocycles. The highest BCUT2D eigenvalue weighted by Gasteiger charge is 2.45. The van der Waals surface area contributed by atoms with Crippen LogP contribution in [0.5, 0.6) is 0 Å². The Bertz CT molecular complexity index is 967. The van der Waals surface area contributed by atoms with E-state index >= 15 is 0 Å². The van der Waals surface area contributed by atoms with Crippen LogP contribution in [0.2, 0.25) is 0 Å². The fraction of sp³-hybridized carbons (Fsp3) is 0.824. The number of imide groups is 2. The first kappa shape index (κ1) is 39.3. The van der Waals surface area contributed by atoms with Gasteiger partial charge in [-0.2, -0.15) is 0 Å². The summed E-state index contributed by atoms with van der Waals surface area (Å²) >= 11 is 0. The van der Waals surface area contributed by atoms with Crippen LogP contribution >= 0.6 is 0 Å². The van der Waals surface area contributed by atoms with Gasteiger partial charge in [-0.25, -0.2) is 0 Å². The van der Waals surface area contributed by atoms with Crippen molar-refractivity contribution in [3.63, 3.8) is 0 Å². The molecule has 2 unspecified atom stereocenters. The van der Waals surface area contributed by atoms with Gasteiger partial charge in [0, 0.05) is 51.9 Å². The highest BCUT2D eigenvalue weighted by molar-refractivity contribution is 6.04. The quantitative estimate of drug-likeness (QED) is 0.142. The minimum atomic E-state index is -0.252. The van der Waals surface area contributed by atoms with Gasteiger partial charge >= 0.3 is 0 Å². The minimum Gasteiger partial charge on any atom is -0.377 e. The Hall–Kier alpha value is -2.86. The van der Waals surface area contributed by atoms with Gasteiger partial charge in [-0.3, -0.25) is 38.6 Å². The van der Waals surface area contributed by atoms with Gasteiger partial charge in [-0.05, 0) is 36.5 Å². The van der Waals surface area contributed by atoms with E-state index in [0.29, 0.717) is 91.1 Å². The van der Waals surface area contributed by atoms with Gasteiger partial charge in [-0.1, -0.05) is 54.4 Å². The van der Waals surface area contributed by atoms with E-state index in [1.54, 1.807) is 0 Å². The topological polar surface area (TPSA) is 151 Å². The molecule has 2 rings (SSSR count). The zero-order valence-corrected chi connectivity index (χ0v) is 29.0. The molecule has 2 fully saturated rings. The second-order valence-electron chi connectivity index (χ2n) is 14.6. The third-order valence-corrected chi connectivity index (χ3v) is 8.66. The molecule has 0 aromatic heterocycles. The van der Waals surface area contributed by atoms with Crippen molar-refractivity contribution in [1.82, 2.24) is 20.4 Å². The molecule has 262 valence electrons. The average molecular weight is 651 g/mol. The first-order valence-corrected chi connectivity index (χ1v) is 17.0. The molecule has 12 nitrogen and oxygen atoms in total. The van der Waals surface area contributed by atoms with Crippen LogP contribution in [0.3, 0.4) is 0 Å². The van der Waals surface area contributed by atoms with E-state index in [-0.39, 0.29) is 71.0 Å². The predicted octanol–water partition coefficient (Wildman–Crippen LogP) is 3.22. The van der Waals surface area contributed by atoms with Crippen molar-refractivity contribution in [1.29, 1.82) is 0 Å². The maximum atomic E-state index is 12.5. The summed E-state index contributed by atoms with van der Waals surface area (Å²) in [6.45, 7) is 15.0. The third kappa shape index (κ3) is 13.5. The van der Waals surface area contributed by atoms with Crippen LogP contribution < -0.4 is 10.6 Å². The number of nitrogens with zero attached hydrogens (tertiary/aromatic N) is 2. The number of carbonyl (C=O) groups excluding carboxylic acids is 6. The SMILES string of the molecule is CC(C)(C)C1CC(=O)N(CCCCCC(=O)NCCOCCOCCNC(=O)CCCCCN2C(=O)CC(C(C)(C)C)C2=O)C1=O. The number of rotatable bonds is 21. The van der Waals surface area contributed by atoms with Crippen LogP contribution in [-0.4, -0.2) is 97.8 Å². The van der Waals surface area contributed by atoms with Crippen molar-refractivity contribution in [2.24, 2.45) is 22.7 Å². The van der Waals surface area contributed by atoms with Crippen molar-refractivity contribution in [2.45, 2.75) is 106 Å². The van der Waals surface area contributed by atoms with Gasteiger partial charge in [0.05, 0.1) is 38.3 Å². The van der Waals surface area contributed by atoms with Crippen LogP contribution in [0.4, 0.5) is 0 Å². The smallest absolute Gasteiger partial charge is 0.233 e. The first-order valence-electron chi connectivity index (χ1n) is 17.0. The maximum Gasteiger partial charge on any atom is 0.233 e. The molecule has 0 saturated carbocycles. The predicted molar refractivity (Wildman–Crippen MR) is 173 cm³/mol. The van der Waals surface area contributed by atoms with Gasteiger partial charge in [0.25, 0.3) is 0 Å². The monoisotopic (exact) mass is 650 g/mol. The molecule has 0 spiro atoms. The van der Waals surface area contributed by atoms with Crippen molar-refractivity contribution >= 4 is 35.4 Å². The molecule has 2 aliphatic rings. The molecule has 2 aliphatic heterocycles. The number of likely N-dealkylation sites (tertiary alicyclic amines) is 2. The molecule has 2 N–H and O–H groups in total. The number of carbonyl (C=O) groups is 6. The molecule has 6 amide bonds. The first-order chi connectivity index (χ1) is 21.6. The molecule has 46 heavy (non-hydrogen) atoms. The van der Waals surface area contributed by atoms with E-state index in [1.807, 2.05) is 41.5 Å². The Morgan fingerprint density at radius 2 is 0.978 bits per heavy atom. The molecule has 2 saturated heterocycles. The van der Waals surface area contributed by atoms with Crippen LogP contribution in [0.25, 0.3) is 0 Å². The Balaban J connectivity index is 1.36. The Morgan fingerprint density at radius 1 is 0.609 bits per heavy atom. The zero-order chi connectivity index (χ0) is 34.3. The number of ether oxygens (including phenoxy) is 2. The van der Waals surface area contributed by atoms with Crippen molar-refractivity contribution in [3.8, 4) is 0 Å². The average Bonchev–Trinajstić information content (AvgIpc) is 3.43. The van der Waals surface area contributed by atoms with Gasteiger partial charge in [0.2, 0.25) is 35.4 Å². The molecule has 2 heterocycles. The molecular formula is C34H58N4O8. The lowest BCUT2D eigenvalue weighted by Crippen LogP contribution is -2.34. The standard InChI is InChI=1S/C34H58N4O8/c1-33(2,3)25-23-29(41)37(31(25)43)17-11-7-9-13-27(39)35-15-19-45-21-22-46-20-16-36-28(40)14-10-8-12-18-38-30(42)24-26(32(38)44)34(4,5)6/h25-26H,7-24H2,1-6H3,(H,35,39)(H,36,40). The summed E-state index contributed by atoms with van der Waals surface area (Å²) in [6, 6.07) is 0. The minimum absolute atomic E-state index is 0.0530.